The highest BCUT2D eigenvalue weighted by Crippen LogP contribution is 2.25. The lowest BCUT2D eigenvalue weighted by molar-refractivity contribution is 0.0969. The van der Waals surface area contributed by atoms with Crippen molar-refractivity contribution in [3.8, 4) is 11.8 Å². The van der Waals surface area contributed by atoms with Crippen molar-refractivity contribution in [2.45, 2.75) is 76.9 Å². The molecule has 0 aliphatic heterocycles. The van der Waals surface area contributed by atoms with Gasteiger partial charge in [0.2, 0.25) is 0 Å². The quantitative estimate of drug-likeness (QED) is 0.390. The van der Waals surface area contributed by atoms with Gasteiger partial charge in [-0.1, -0.05) is 63.7 Å². The maximum absolute atomic E-state index is 10.2. The van der Waals surface area contributed by atoms with Gasteiger partial charge in [-0.3, -0.25) is 0 Å². The molecule has 1 aromatic rings. The number of hydrogen-bond donors (Lipinski definition) is 3. The van der Waals surface area contributed by atoms with Crippen LogP contribution in [0.3, 0.4) is 0 Å². The molecule has 136 valence electrons. The van der Waals surface area contributed by atoms with Crippen LogP contribution in [0.2, 0.25) is 0 Å². The minimum atomic E-state index is -0.687. The van der Waals surface area contributed by atoms with Gasteiger partial charge < -0.3 is 15.5 Å². The summed E-state index contributed by atoms with van der Waals surface area (Å²) in [5, 5.41) is 22.3. The normalized spacial score (nSPS) is 13.3. The largest absolute Gasteiger partial charge is 0.395 e. The molecule has 1 heterocycles. The van der Waals surface area contributed by atoms with Gasteiger partial charge in [0.15, 0.2) is 0 Å². The van der Waals surface area contributed by atoms with Crippen LogP contribution in [0.15, 0.2) is 12.1 Å². The highest BCUT2D eigenvalue weighted by molar-refractivity contribution is 7.12. The smallest absolute Gasteiger partial charge is 0.106 e. The van der Waals surface area contributed by atoms with Crippen molar-refractivity contribution in [1.29, 1.82) is 0 Å². The van der Waals surface area contributed by atoms with Crippen molar-refractivity contribution >= 4 is 11.3 Å². The molecule has 1 aromatic heterocycles. The Morgan fingerprint density at radius 3 is 2.38 bits per heavy atom. The predicted octanol–water partition coefficient (Wildman–Crippen LogP) is 4.24. The maximum atomic E-state index is 10.2. The second kappa shape index (κ2) is 13.4. The summed E-state index contributed by atoms with van der Waals surface area (Å²) in [5.74, 6) is 6.42. The Morgan fingerprint density at radius 1 is 1.08 bits per heavy atom. The van der Waals surface area contributed by atoms with Crippen LogP contribution < -0.4 is 5.32 Å². The molecule has 0 saturated heterocycles. The number of nitrogens with one attached hydrogen (secondary N) is 1. The van der Waals surface area contributed by atoms with E-state index in [9.17, 15) is 10.2 Å². The van der Waals surface area contributed by atoms with Crippen LogP contribution in [0.5, 0.6) is 0 Å². The van der Waals surface area contributed by atoms with E-state index in [4.69, 9.17) is 0 Å². The minimum Gasteiger partial charge on any atom is -0.395 e. The van der Waals surface area contributed by atoms with E-state index in [1.54, 1.807) is 7.05 Å². The topological polar surface area (TPSA) is 52.5 Å². The van der Waals surface area contributed by atoms with Crippen molar-refractivity contribution in [1.82, 2.24) is 5.32 Å². The minimum absolute atomic E-state index is 0.0883. The van der Waals surface area contributed by atoms with Crippen LogP contribution in [0.25, 0.3) is 0 Å². The number of likely N-dealkylation sites (N-methyl/N-ethyl adjacent to an activating group) is 1. The molecule has 2 unspecified atom stereocenters. The summed E-state index contributed by atoms with van der Waals surface area (Å²) in [6, 6.07) is 3.52. The van der Waals surface area contributed by atoms with E-state index in [0.717, 1.165) is 16.2 Å². The summed E-state index contributed by atoms with van der Waals surface area (Å²) >= 11 is 1.50. The Balaban J connectivity index is 2.23. The first-order valence-corrected chi connectivity index (χ1v) is 10.1. The molecule has 0 fully saturated rings. The van der Waals surface area contributed by atoms with E-state index in [1.165, 1.54) is 62.7 Å². The molecule has 3 nitrogen and oxygen atoms in total. The highest BCUT2D eigenvalue weighted by Gasteiger charge is 2.19. The van der Waals surface area contributed by atoms with E-state index in [-0.39, 0.29) is 12.6 Å². The van der Waals surface area contributed by atoms with Gasteiger partial charge in [0, 0.05) is 11.3 Å². The summed E-state index contributed by atoms with van der Waals surface area (Å²) in [7, 11) is 1.74. The molecule has 2 atom stereocenters. The molecule has 0 aromatic carbocycles. The molecule has 0 bridgehead atoms. The molecule has 0 aliphatic rings. The zero-order valence-electron chi connectivity index (χ0n) is 15.2. The zero-order chi connectivity index (χ0) is 17.6. The second-order valence-corrected chi connectivity index (χ2v) is 7.37. The SMILES string of the molecule is CCCCCCCCCCC#Cc1ccc(C(O)C(CO)NC)s1. The Hall–Kier alpha value is -0.860. The lowest BCUT2D eigenvalue weighted by Gasteiger charge is -2.18. The fraction of sp³-hybridized carbons (Fsp3) is 0.700. The van der Waals surface area contributed by atoms with Gasteiger partial charge >= 0.3 is 0 Å². The lowest BCUT2D eigenvalue weighted by atomic mass is 10.1. The van der Waals surface area contributed by atoms with Gasteiger partial charge in [0.05, 0.1) is 17.5 Å². The summed E-state index contributed by atoms with van der Waals surface area (Å²) in [5.41, 5.74) is 0. The Morgan fingerprint density at radius 2 is 1.75 bits per heavy atom. The fourth-order valence-corrected chi connectivity index (χ4v) is 3.56. The van der Waals surface area contributed by atoms with Crippen LogP contribution >= 0.6 is 11.3 Å². The number of aliphatic hydroxyl groups excluding tert-OH is 2. The van der Waals surface area contributed by atoms with Crippen LogP contribution in [0.4, 0.5) is 0 Å². The Kier molecular flexibility index (Phi) is 11.9. The molecule has 0 amide bonds. The molecule has 4 heteroatoms. The van der Waals surface area contributed by atoms with Crippen LogP contribution in [0, 0.1) is 11.8 Å². The van der Waals surface area contributed by atoms with Gasteiger partial charge in [-0.25, -0.2) is 0 Å². The molecule has 0 aliphatic carbocycles. The number of rotatable bonds is 12. The van der Waals surface area contributed by atoms with Crippen molar-refractivity contribution in [3.63, 3.8) is 0 Å². The van der Waals surface area contributed by atoms with Crippen molar-refractivity contribution in [2.24, 2.45) is 0 Å². The van der Waals surface area contributed by atoms with Gasteiger partial charge in [0.25, 0.3) is 0 Å². The Labute approximate surface area is 151 Å². The van der Waals surface area contributed by atoms with Gasteiger partial charge in [-0.15, -0.1) is 11.3 Å². The first kappa shape index (κ1) is 21.2. The number of unbranched alkanes of at least 4 members (excludes halogenated alkanes) is 8. The van der Waals surface area contributed by atoms with Crippen molar-refractivity contribution in [2.75, 3.05) is 13.7 Å². The first-order valence-electron chi connectivity index (χ1n) is 9.27. The third-order valence-corrected chi connectivity index (χ3v) is 5.31. The van der Waals surface area contributed by atoms with Crippen LogP contribution in [-0.2, 0) is 0 Å². The Bertz CT molecular complexity index is 485. The number of aliphatic hydroxyl groups is 2. The summed E-state index contributed by atoms with van der Waals surface area (Å²) < 4.78 is 0. The van der Waals surface area contributed by atoms with Crippen molar-refractivity contribution < 1.29 is 10.2 Å². The summed E-state index contributed by atoms with van der Waals surface area (Å²) in [4.78, 5) is 1.83. The molecule has 3 N–H and O–H groups in total. The van der Waals surface area contributed by atoms with Gasteiger partial charge in [0.1, 0.15) is 6.10 Å². The van der Waals surface area contributed by atoms with E-state index < -0.39 is 6.10 Å². The molecule has 0 radical (unpaired) electrons. The molecule has 24 heavy (non-hydrogen) atoms. The van der Waals surface area contributed by atoms with Gasteiger partial charge in [-0.05, 0) is 25.6 Å². The summed E-state index contributed by atoms with van der Waals surface area (Å²) in [6.07, 6.45) is 10.8. The standard InChI is InChI=1S/C20H33NO2S/c1-3-4-5-6-7-8-9-10-11-12-13-17-14-15-19(24-17)20(23)18(16-22)21-2/h14-15,18,20-23H,3-11,16H2,1-2H3. The van der Waals surface area contributed by atoms with Crippen molar-refractivity contribution in [3.05, 3.63) is 21.9 Å². The number of thiophene rings is 1. The van der Waals surface area contributed by atoms with E-state index >= 15 is 0 Å². The highest BCUT2D eigenvalue weighted by atomic mass is 32.1. The van der Waals surface area contributed by atoms with Gasteiger partial charge in [-0.2, -0.15) is 0 Å². The number of hydrogen-bond acceptors (Lipinski definition) is 4. The second-order valence-electron chi connectivity index (χ2n) is 6.25. The fourth-order valence-electron chi connectivity index (χ4n) is 2.62. The zero-order valence-corrected chi connectivity index (χ0v) is 16.0. The molecular weight excluding hydrogens is 318 g/mol. The van der Waals surface area contributed by atoms with E-state index in [0.29, 0.717) is 0 Å². The third-order valence-electron chi connectivity index (χ3n) is 4.23. The lowest BCUT2D eigenvalue weighted by Crippen LogP contribution is -2.34. The molecular formula is C20H33NO2S. The third kappa shape index (κ3) is 8.30. The average molecular weight is 352 g/mol. The molecule has 0 saturated carbocycles. The average Bonchev–Trinajstić information content (AvgIpc) is 3.06. The monoisotopic (exact) mass is 351 g/mol. The van der Waals surface area contributed by atoms with E-state index in [2.05, 4.69) is 24.1 Å². The molecule has 1 rings (SSSR count). The predicted molar refractivity (Wildman–Crippen MR) is 103 cm³/mol. The van der Waals surface area contributed by atoms with Crippen LogP contribution in [0.1, 0.15) is 80.6 Å². The summed E-state index contributed by atoms with van der Waals surface area (Å²) in [6.45, 7) is 2.16. The molecule has 0 spiro atoms. The first-order chi connectivity index (χ1) is 11.7. The maximum Gasteiger partial charge on any atom is 0.106 e. The van der Waals surface area contributed by atoms with E-state index in [1.807, 2.05) is 12.1 Å². The van der Waals surface area contributed by atoms with Crippen LogP contribution in [-0.4, -0.2) is 29.9 Å².